The van der Waals surface area contributed by atoms with Gasteiger partial charge in [0.1, 0.15) is 5.69 Å². The zero-order valence-corrected chi connectivity index (χ0v) is 16.8. The summed E-state index contributed by atoms with van der Waals surface area (Å²) in [6.45, 7) is 4.96. The number of benzene rings is 2. The molecule has 1 N–H and O–H groups in total. The number of rotatable bonds is 6. The van der Waals surface area contributed by atoms with Crippen LogP contribution in [0.4, 0.5) is 22.7 Å². The monoisotopic (exact) mass is 374 g/mol. The van der Waals surface area contributed by atoms with Gasteiger partial charge in [-0.3, -0.25) is 9.78 Å². The molecule has 5 nitrogen and oxygen atoms in total. The van der Waals surface area contributed by atoms with Crippen LogP contribution >= 0.6 is 0 Å². The minimum Gasteiger partial charge on any atom is -0.378 e. The number of amides is 1. The van der Waals surface area contributed by atoms with Gasteiger partial charge in [0.25, 0.3) is 5.91 Å². The van der Waals surface area contributed by atoms with Gasteiger partial charge in [0.05, 0.1) is 0 Å². The molecule has 1 amide bonds. The van der Waals surface area contributed by atoms with Crippen LogP contribution in [0, 0.1) is 6.92 Å². The van der Waals surface area contributed by atoms with E-state index in [2.05, 4.69) is 47.2 Å². The largest absolute Gasteiger partial charge is 0.378 e. The number of hydrogen-bond acceptors (Lipinski definition) is 4. The lowest BCUT2D eigenvalue weighted by Crippen LogP contribution is -2.18. The Morgan fingerprint density at radius 2 is 1.68 bits per heavy atom. The van der Waals surface area contributed by atoms with Crippen LogP contribution in [0.25, 0.3) is 0 Å². The van der Waals surface area contributed by atoms with Gasteiger partial charge in [-0.1, -0.05) is 12.1 Å². The Hall–Kier alpha value is -3.34. The minimum atomic E-state index is -0.222. The third-order valence-electron chi connectivity index (χ3n) is 4.56. The first-order valence-electron chi connectivity index (χ1n) is 9.37. The van der Waals surface area contributed by atoms with Crippen molar-refractivity contribution in [2.45, 2.75) is 13.8 Å². The number of nitrogens with one attached hydrogen (secondary N) is 1. The fourth-order valence-electron chi connectivity index (χ4n) is 3.06. The third kappa shape index (κ3) is 4.49. The van der Waals surface area contributed by atoms with Crippen molar-refractivity contribution in [3.63, 3.8) is 0 Å². The number of nitrogens with zero attached hydrogens (tertiary/aromatic N) is 3. The fraction of sp³-hybridized carbons (Fsp3) is 0.217. The highest BCUT2D eigenvalue weighted by Crippen LogP contribution is 2.26. The zero-order chi connectivity index (χ0) is 20.1. The maximum absolute atomic E-state index is 12.7. The van der Waals surface area contributed by atoms with Gasteiger partial charge in [-0.25, -0.2) is 0 Å². The summed E-state index contributed by atoms with van der Waals surface area (Å²) in [6, 6.07) is 19.8. The standard InChI is InChI=1S/C23H26N4O/c1-5-27(20-8-6-7-17(2)15-20)21-13-14-24-22(16-21)23(28)25-18-9-11-19(12-10-18)26(3)4/h6-16H,5H2,1-4H3,(H,25,28). The number of pyridine rings is 1. The quantitative estimate of drug-likeness (QED) is 0.669. The van der Waals surface area contributed by atoms with Crippen molar-refractivity contribution in [1.82, 2.24) is 4.98 Å². The number of aromatic nitrogens is 1. The van der Waals surface area contributed by atoms with Crippen molar-refractivity contribution in [2.24, 2.45) is 0 Å². The second-order valence-corrected chi connectivity index (χ2v) is 6.88. The molecular formula is C23H26N4O. The summed E-state index contributed by atoms with van der Waals surface area (Å²) in [5.41, 5.74) is 5.45. The summed E-state index contributed by atoms with van der Waals surface area (Å²) in [6.07, 6.45) is 1.68. The van der Waals surface area contributed by atoms with E-state index in [1.54, 1.807) is 6.20 Å². The Morgan fingerprint density at radius 1 is 0.964 bits per heavy atom. The topological polar surface area (TPSA) is 48.5 Å². The van der Waals surface area contributed by atoms with Crippen LogP contribution in [-0.2, 0) is 0 Å². The maximum Gasteiger partial charge on any atom is 0.274 e. The Labute approximate surface area is 166 Å². The van der Waals surface area contributed by atoms with Crippen LogP contribution in [0.1, 0.15) is 23.0 Å². The highest BCUT2D eigenvalue weighted by molar-refractivity contribution is 6.03. The lowest BCUT2D eigenvalue weighted by atomic mass is 10.2. The minimum absolute atomic E-state index is 0.222. The molecule has 0 fully saturated rings. The van der Waals surface area contributed by atoms with Crippen LogP contribution in [0.2, 0.25) is 0 Å². The molecule has 5 heteroatoms. The number of anilines is 4. The predicted molar refractivity (Wildman–Crippen MR) is 117 cm³/mol. The maximum atomic E-state index is 12.7. The van der Waals surface area contributed by atoms with E-state index < -0.39 is 0 Å². The molecule has 2 aromatic carbocycles. The molecule has 0 aliphatic heterocycles. The van der Waals surface area contributed by atoms with Crippen LogP contribution in [-0.4, -0.2) is 31.5 Å². The van der Waals surface area contributed by atoms with E-state index in [0.29, 0.717) is 5.69 Å². The van der Waals surface area contributed by atoms with Gasteiger partial charge in [0, 0.05) is 49.6 Å². The van der Waals surface area contributed by atoms with Crippen LogP contribution < -0.4 is 15.1 Å². The first-order chi connectivity index (χ1) is 13.5. The van der Waals surface area contributed by atoms with Gasteiger partial charge in [-0.2, -0.15) is 0 Å². The van der Waals surface area contributed by atoms with E-state index in [1.807, 2.05) is 61.5 Å². The smallest absolute Gasteiger partial charge is 0.274 e. The summed E-state index contributed by atoms with van der Waals surface area (Å²) in [4.78, 5) is 21.1. The highest BCUT2D eigenvalue weighted by Gasteiger charge is 2.13. The lowest BCUT2D eigenvalue weighted by molar-refractivity contribution is 0.102. The molecule has 0 unspecified atom stereocenters. The first kappa shape index (κ1) is 19.4. The molecule has 0 aliphatic carbocycles. The number of carbonyl (C=O) groups excluding carboxylic acids is 1. The van der Waals surface area contributed by atoms with Crippen LogP contribution in [0.5, 0.6) is 0 Å². The van der Waals surface area contributed by atoms with Gasteiger partial charge in [-0.15, -0.1) is 0 Å². The molecule has 0 atom stereocenters. The molecule has 3 rings (SSSR count). The molecule has 28 heavy (non-hydrogen) atoms. The first-order valence-corrected chi connectivity index (χ1v) is 9.37. The van der Waals surface area contributed by atoms with E-state index in [1.165, 1.54) is 5.56 Å². The number of aryl methyl sites for hydroxylation is 1. The van der Waals surface area contributed by atoms with Crippen molar-refractivity contribution in [3.8, 4) is 0 Å². The molecule has 3 aromatic rings. The Balaban J connectivity index is 1.80. The summed E-state index contributed by atoms with van der Waals surface area (Å²) >= 11 is 0. The molecular weight excluding hydrogens is 348 g/mol. The SMILES string of the molecule is CCN(c1cccc(C)c1)c1ccnc(C(=O)Nc2ccc(N(C)C)cc2)c1. The van der Waals surface area contributed by atoms with E-state index in [-0.39, 0.29) is 5.91 Å². The summed E-state index contributed by atoms with van der Waals surface area (Å²) in [5, 5.41) is 2.92. The van der Waals surface area contributed by atoms with E-state index in [0.717, 1.165) is 29.3 Å². The second kappa shape index (κ2) is 8.57. The van der Waals surface area contributed by atoms with Gasteiger partial charge >= 0.3 is 0 Å². The third-order valence-corrected chi connectivity index (χ3v) is 4.56. The van der Waals surface area contributed by atoms with Crippen molar-refractivity contribution in [2.75, 3.05) is 35.8 Å². The molecule has 1 aromatic heterocycles. The molecule has 0 saturated heterocycles. The van der Waals surface area contributed by atoms with Crippen molar-refractivity contribution in [3.05, 3.63) is 78.1 Å². The number of hydrogen-bond donors (Lipinski definition) is 1. The summed E-state index contributed by atoms with van der Waals surface area (Å²) in [5.74, 6) is -0.222. The van der Waals surface area contributed by atoms with Gasteiger partial charge in [0.2, 0.25) is 0 Å². The molecule has 0 aliphatic rings. The average Bonchev–Trinajstić information content (AvgIpc) is 2.69. The van der Waals surface area contributed by atoms with Crippen molar-refractivity contribution >= 4 is 28.7 Å². The van der Waals surface area contributed by atoms with Gasteiger partial charge < -0.3 is 15.1 Å². The molecule has 0 saturated carbocycles. The van der Waals surface area contributed by atoms with Gasteiger partial charge in [0.15, 0.2) is 0 Å². The fourth-order valence-corrected chi connectivity index (χ4v) is 3.06. The molecule has 0 radical (unpaired) electrons. The lowest BCUT2D eigenvalue weighted by Gasteiger charge is -2.24. The molecule has 1 heterocycles. The van der Waals surface area contributed by atoms with E-state index in [9.17, 15) is 4.79 Å². The molecule has 144 valence electrons. The van der Waals surface area contributed by atoms with Crippen LogP contribution in [0.3, 0.4) is 0 Å². The van der Waals surface area contributed by atoms with E-state index in [4.69, 9.17) is 0 Å². The highest BCUT2D eigenvalue weighted by atomic mass is 16.1. The Morgan fingerprint density at radius 3 is 2.32 bits per heavy atom. The van der Waals surface area contributed by atoms with Crippen molar-refractivity contribution < 1.29 is 4.79 Å². The average molecular weight is 374 g/mol. The van der Waals surface area contributed by atoms with Crippen molar-refractivity contribution in [1.29, 1.82) is 0 Å². The second-order valence-electron chi connectivity index (χ2n) is 6.88. The van der Waals surface area contributed by atoms with E-state index >= 15 is 0 Å². The zero-order valence-electron chi connectivity index (χ0n) is 16.8. The van der Waals surface area contributed by atoms with Crippen LogP contribution in [0.15, 0.2) is 66.9 Å². The Kier molecular flexibility index (Phi) is 5.94. The van der Waals surface area contributed by atoms with Gasteiger partial charge in [-0.05, 0) is 67.9 Å². The number of carbonyl (C=O) groups is 1. The summed E-state index contributed by atoms with van der Waals surface area (Å²) in [7, 11) is 3.97. The molecule has 0 bridgehead atoms. The summed E-state index contributed by atoms with van der Waals surface area (Å²) < 4.78 is 0. The molecule has 0 spiro atoms. The normalized spacial score (nSPS) is 10.4. The Bertz CT molecular complexity index is 951. The predicted octanol–water partition coefficient (Wildman–Crippen LogP) is 4.87.